The van der Waals surface area contributed by atoms with E-state index in [2.05, 4.69) is 32.5 Å². The fraction of sp³-hybridized carbons (Fsp3) is 0.150. The molecule has 2 N–H and O–H groups in total. The molecule has 4 rings (SSSR count). The zero-order valence-corrected chi connectivity index (χ0v) is 14.2. The molecule has 2 aromatic heterocycles. The van der Waals surface area contributed by atoms with Crippen LogP contribution in [0.3, 0.4) is 0 Å². The zero-order chi connectivity index (χ0) is 17.8. The number of amides is 1. The topological polar surface area (TPSA) is 75.6 Å². The molecular weight excluding hydrogens is 326 g/mol. The van der Waals surface area contributed by atoms with Crippen LogP contribution in [0.5, 0.6) is 0 Å². The molecule has 0 spiro atoms. The van der Waals surface area contributed by atoms with Crippen LogP contribution in [0, 0.1) is 0 Å². The lowest BCUT2D eigenvalue weighted by Crippen LogP contribution is -2.25. The summed E-state index contributed by atoms with van der Waals surface area (Å²) in [5.41, 5.74) is 4.07. The molecule has 0 atom stereocenters. The molecule has 4 aromatic rings. The van der Waals surface area contributed by atoms with E-state index in [1.165, 1.54) is 17.3 Å². The molecule has 6 heteroatoms. The van der Waals surface area contributed by atoms with Crippen molar-refractivity contribution in [3.8, 4) is 0 Å². The van der Waals surface area contributed by atoms with E-state index in [4.69, 9.17) is 0 Å². The molecule has 0 fully saturated rings. The van der Waals surface area contributed by atoms with E-state index >= 15 is 0 Å². The van der Waals surface area contributed by atoms with Gasteiger partial charge in [0.25, 0.3) is 5.91 Å². The van der Waals surface area contributed by atoms with Gasteiger partial charge in [0.1, 0.15) is 12.7 Å². The van der Waals surface area contributed by atoms with Crippen LogP contribution in [0.2, 0.25) is 0 Å². The summed E-state index contributed by atoms with van der Waals surface area (Å²) in [7, 11) is 0. The largest absolute Gasteiger partial charge is 0.361 e. The maximum Gasteiger partial charge on any atom is 0.251 e. The van der Waals surface area contributed by atoms with Crippen LogP contribution in [0.1, 0.15) is 21.5 Å². The van der Waals surface area contributed by atoms with Crippen molar-refractivity contribution in [1.82, 2.24) is 25.1 Å². The molecule has 0 aliphatic heterocycles. The van der Waals surface area contributed by atoms with Crippen LogP contribution in [0.15, 0.2) is 67.4 Å². The predicted molar refractivity (Wildman–Crippen MR) is 99.9 cm³/mol. The third kappa shape index (κ3) is 3.49. The number of aromatic amines is 1. The van der Waals surface area contributed by atoms with E-state index in [-0.39, 0.29) is 5.91 Å². The lowest BCUT2D eigenvalue weighted by Gasteiger charge is -2.06. The van der Waals surface area contributed by atoms with Crippen LogP contribution >= 0.6 is 0 Å². The highest BCUT2D eigenvalue weighted by molar-refractivity contribution is 5.94. The van der Waals surface area contributed by atoms with Crippen molar-refractivity contribution in [1.29, 1.82) is 0 Å². The minimum absolute atomic E-state index is 0.0582. The van der Waals surface area contributed by atoms with E-state index in [0.29, 0.717) is 18.7 Å². The number of fused-ring (bicyclic) bond motifs is 1. The molecule has 2 heterocycles. The molecule has 2 aromatic carbocycles. The number of nitrogens with zero attached hydrogens (tertiary/aromatic N) is 3. The van der Waals surface area contributed by atoms with Gasteiger partial charge in [-0.05, 0) is 35.7 Å². The smallest absolute Gasteiger partial charge is 0.251 e. The first-order chi connectivity index (χ1) is 12.8. The second kappa shape index (κ2) is 7.23. The van der Waals surface area contributed by atoms with Gasteiger partial charge >= 0.3 is 0 Å². The Morgan fingerprint density at radius 3 is 2.77 bits per heavy atom. The quantitative estimate of drug-likeness (QED) is 0.564. The number of aromatic nitrogens is 4. The second-order valence-electron chi connectivity index (χ2n) is 6.16. The first-order valence-corrected chi connectivity index (χ1v) is 8.54. The fourth-order valence-corrected chi connectivity index (χ4v) is 3.01. The Labute approximate surface area is 150 Å². The summed E-state index contributed by atoms with van der Waals surface area (Å²) >= 11 is 0. The lowest BCUT2D eigenvalue weighted by atomic mass is 10.1. The van der Waals surface area contributed by atoms with Gasteiger partial charge < -0.3 is 10.3 Å². The summed E-state index contributed by atoms with van der Waals surface area (Å²) < 4.78 is 1.75. The molecule has 0 radical (unpaired) electrons. The standard InChI is InChI=1S/C20H19N5O/c26-20(16-7-5-15(6-8-16)12-25-14-21-13-24-25)22-10-9-17-11-23-19-4-2-1-3-18(17)19/h1-8,11,13-14,23H,9-10,12H2,(H,22,26). The summed E-state index contributed by atoms with van der Waals surface area (Å²) in [4.78, 5) is 19.5. The van der Waals surface area contributed by atoms with E-state index in [1.54, 1.807) is 11.0 Å². The van der Waals surface area contributed by atoms with Gasteiger partial charge in [-0.1, -0.05) is 30.3 Å². The number of rotatable bonds is 6. The lowest BCUT2D eigenvalue weighted by molar-refractivity contribution is 0.0954. The first-order valence-electron chi connectivity index (χ1n) is 8.54. The van der Waals surface area contributed by atoms with Gasteiger partial charge in [0.2, 0.25) is 0 Å². The highest BCUT2D eigenvalue weighted by atomic mass is 16.1. The second-order valence-corrected chi connectivity index (χ2v) is 6.16. The van der Waals surface area contributed by atoms with Crippen LogP contribution in [0.25, 0.3) is 10.9 Å². The molecule has 0 saturated heterocycles. The molecule has 0 saturated carbocycles. The SMILES string of the molecule is O=C(NCCc1c[nH]c2ccccc12)c1ccc(Cn2cncn2)cc1. The van der Waals surface area contributed by atoms with E-state index in [9.17, 15) is 4.79 Å². The number of hydrogen-bond donors (Lipinski definition) is 2. The Bertz CT molecular complexity index is 1000. The predicted octanol–water partition coefficient (Wildman–Crippen LogP) is 2.78. The summed E-state index contributed by atoms with van der Waals surface area (Å²) in [5.74, 6) is -0.0582. The zero-order valence-electron chi connectivity index (χ0n) is 14.2. The Hall–Kier alpha value is -3.41. The number of carbonyl (C=O) groups is 1. The summed E-state index contributed by atoms with van der Waals surface area (Å²) in [6.07, 6.45) is 5.98. The van der Waals surface area contributed by atoms with Crippen molar-refractivity contribution < 1.29 is 4.79 Å². The van der Waals surface area contributed by atoms with Crippen molar-refractivity contribution in [2.24, 2.45) is 0 Å². The number of H-pyrrole nitrogens is 1. The van der Waals surface area contributed by atoms with Gasteiger partial charge in [-0.15, -0.1) is 0 Å². The Morgan fingerprint density at radius 2 is 1.96 bits per heavy atom. The Morgan fingerprint density at radius 1 is 1.12 bits per heavy atom. The minimum Gasteiger partial charge on any atom is -0.361 e. The molecule has 26 heavy (non-hydrogen) atoms. The van der Waals surface area contributed by atoms with Crippen molar-refractivity contribution in [3.05, 3.63) is 84.1 Å². The van der Waals surface area contributed by atoms with Crippen LogP contribution in [-0.4, -0.2) is 32.2 Å². The molecule has 6 nitrogen and oxygen atoms in total. The van der Waals surface area contributed by atoms with E-state index in [0.717, 1.165) is 17.5 Å². The molecule has 0 bridgehead atoms. The average molecular weight is 345 g/mol. The highest BCUT2D eigenvalue weighted by Gasteiger charge is 2.07. The van der Waals surface area contributed by atoms with E-state index in [1.807, 2.05) is 42.6 Å². The van der Waals surface area contributed by atoms with Gasteiger partial charge in [-0.25, -0.2) is 9.67 Å². The fourth-order valence-electron chi connectivity index (χ4n) is 3.01. The van der Waals surface area contributed by atoms with Gasteiger partial charge in [0, 0.05) is 29.2 Å². The van der Waals surface area contributed by atoms with Crippen molar-refractivity contribution >= 4 is 16.8 Å². The monoisotopic (exact) mass is 345 g/mol. The van der Waals surface area contributed by atoms with Crippen molar-refractivity contribution in [2.45, 2.75) is 13.0 Å². The molecule has 0 unspecified atom stereocenters. The Balaban J connectivity index is 1.33. The number of benzene rings is 2. The van der Waals surface area contributed by atoms with Crippen LogP contribution < -0.4 is 5.32 Å². The minimum atomic E-state index is -0.0582. The van der Waals surface area contributed by atoms with Gasteiger partial charge in [0.15, 0.2) is 0 Å². The summed E-state index contributed by atoms with van der Waals surface area (Å²) in [5, 5.41) is 8.27. The summed E-state index contributed by atoms with van der Waals surface area (Å²) in [6, 6.07) is 15.7. The van der Waals surface area contributed by atoms with Gasteiger partial charge in [0.05, 0.1) is 6.54 Å². The molecule has 1 amide bonds. The molecule has 0 aliphatic rings. The Kier molecular flexibility index (Phi) is 4.47. The van der Waals surface area contributed by atoms with E-state index < -0.39 is 0 Å². The van der Waals surface area contributed by atoms with Crippen LogP contribution in [0.4, 0.5) is 0 Å². The van der Waals surface area contributed by atoms with Gasteiger partial charge in [-0.3, -0.25) is 4.79 Å². The highest BCUT2D eigenvalue weighted by Crippen LogP contribution is 2.17. The molecule has 130 valence electrons. The third-order valence-corrected chi connectivity index (χ3v) is 4.38. The van der Waals surface area contributed by atoms with Crippen molar-refractivity contribution in [2.75, 3.05) is 6.54 Å². The normalized spacial score (nSPS) is 10.9. The number of hydrogen-bond acceptors (Lipinski definition) is 3. The molecule has 0 aliphatic carbocycles. The number of carbonyl (C=O) groups excluding carboxylic acids is 1. The first kappa shape index (κ1) is 16.1. The number of para-hydroxylation sites is 1. The summed E-state index contributed by atoms with van der Waals surface area (Å²) in [6.45, 7) is 1.24. The number of nitrogens with one attached hydrogen (secondary N) is 2. The maximum atomic E-state index is 12.3. The third-order valence-electron chi connectivity index (χ3n) is 4.38. The molecular formula is C20H19N5O. The van der Waals surface area contributed by atoms with Gasteiger partial charge in [-0.2, -0.15) is 5.10 Å². The average Bonchev–Trinajstić information content (AvgIpc) is 3.32. The van der Waals surface area contributed by atoms with Crippen molar-refractivity contribution in [3.63, 3.8) is 0 Å². The maximum absolute atomic E-state index is 12.3. The van der Waals surface area contributed by atoms with Crippen LogP contribution in [-0.2, 0) is 13.0 Å².